The monoisotopic (exact) mass is 254 g/mol. The quantitative estimate of drug-likeness (QED) is 0.676. The molecule has 7 nitrogen and oxygen atoms in total. The molecular weight excluding hydrogens is 244 g/mol. The molecule has 3 heterocycles. The molecule has 0 saturated heterocycles. The van der Waals surface area contributed by atoms with Gasteiger partial charge in [-0.25, -0.2) is 19.9 Å². The van der Waals surface area contributed by atoms with Crippen molar-refractivity contribution in [2.75, 3.05) is 11.9 Å². The second-order valence-corrected chi connectivity index (χ2v) is 3.88. The molecule has 0 saturated carbocycles. The van der Waals surface area contributed by atoms with E-state index in [-0.39, 0.29) is 5.91 Å². The van der Waals surface area contributed by atoms with Crippen molar-refractivity contribution in [2.45, 2.75) is 0 Å². The predicted octanol–water partition coefficient (Wildman–Crippen LogP) is 0.796. The highest BCUT2D eigenvalue weighted by Gasteiger charge is 2.17. The number of hydrogen-bond donors (Lipinski definition) is 0. The fraction of sp³-hybridized carbons (Fsp3) is 0.0833. The van der Waals surface area contributed by atoms with Crippen LogP contribution < -0.4 is 4.90 Å². The van der Waals surface area contributed by atoms with E-state index in [0.717, 1.165) is 0 Å². The lowest BCUT2D eigenvalue weighted by molar-refractivity contribution is 0.0986. The largest absolute Gasteiger partial charge is 0.303 e. The van der Waals surface area contributed by atoms with Gasteiger partial charge in [0.15, 0.2) is 5.65 Å². The standard InChI is InChI=1S/C12H10N6O/c1-17(12-14-3-2-4-15-12)11(19)9-8-18-6-5-13-10(18)7-16-9/h2-8H,1H3. The third-order valence-electron chi connectivity index (χ3n) is 2.65. The van der Waals surface area contributed by atoms with Crippen molar-refractivity contribution in [1.82, 2.24) is 24.3 Å². The Morgan fingerprint density at radius 2 is 1.95 bits per heavy atom. The van der Waals surface area contributed by atoms with E-state index in [9.17, 15) is 4.79 Å². The van der Waals surface area contributed by atoms with Crippen molar-refractivity contribution in [2.24, 2.45) is 0 Å². The lowest BCUT2D eigenvalue weighted by Crippen LogP contribution is -2.28. The molecule has 0 fully saturated rings. The van der Waals surface area contributed by atoms with Crippen molar-refractivity contribution in [3.8, 4) is 0 Å². The molecule has 0 aromatic carbocycles. The van der Waals surface area contributed by atoms with Crippen LogP contribution in [0, 0.1) is 0 Å². The molecule has 0 bridgehead atoms. The Hall–Kier alpha value is -2.83. The average molecular weight is 254 g/mol. The summed E-state index contributed by atoms with van der Waals surface area (Å²) in [6, 6.07) is 1.69. The van der Waals surface area contributed by atoms with Gasteiger partial charge in [-0.05, 0) is 6.07 Å². The van der Waals surface area contributed by atoms with E-state index in [4.69, 9.17) is 0 Å². The maximum Gasteiger partial charge on any atom is 0.280 e. The molecule has 0 spiro atoms. The fourth-order valence-electron chi connectivity index (χ4n) is 1.66. The normalized spacial score (nSPS) is 10.6. The highest BCUT2D eigenvalue weighted by molar-refractivity contribution is 6.03. The summed E-state index contributed by atoms with van der Waals surface area (Å²) in [5, 5.41) is 0. The van der Waals surface area contributed by atoms with E-state index in [1.165, 1.54) is 4.90 Å². The molecule has 0 unspecified atom stereocenters. The van der Waals surface area contributed by atoms with Gasteiger partial charge in [-0.3, -0.25) is 9.69 Å². The summed E-state index contributed by atoms with van der Waals surface area (Å²) in [5.74, 6) is 0.0572. The highest BCUT2D eigenvalue weighted by atomic mass is 16.2. The number of carbonyl (C=O) groups is 1. The summed E-state index contributed by atoms with van der Waals surface area (Å²) < 4.78 is 1.74. The Labute approximate surface area is 108 Å². The number of fused-ring (bicyclic) bond motifs is 1. The van der Waals surface area contributed by atoms with Gasteiger partial charge in [0.1, 0.15) is 5.69 Å². The second kappa shape index (κ2) is 4.45. The van der Waals surface area contributed by atoms with Gasteiger partial charge >= 0.3 is 0 Å². The first-order valence-electron chi connectivity index (χ1n) is 5.59. The predicted molar refractivity (Wildman–Crippen MR) is 67.8 cm³/mol. The van der Waals surface area contributed by atoms with E-state index >= 15 is 0 Å². The first kappa shape index (κ1) is 11.3. The van der Waals surface area contributed by atoms with Gasteiger partial charge in [-0.1, -0.05) is 0 Å². The maximum atomic E-state index is 12.3. The molecule has 7 heteroatoms. The molecule has 3 aromatic heterocycles. The molecule has 3 aromatic rings. The van der Waals surface area contributed by atoms with Gasteiger partial charge in [0.25, 0.3) is 5.91 Å². The zero-order chi connectivity index (χ0) is 13.2. The summed E-state index contributed by atoms with van der Waals surface area (Å²) >= 11 is 0. The zero-order valence-corrected chi connectivity index (χ0v) is 10.1. The van der Waals surface area contributed by atoms with Gasteiger partial charge in [0.05, 0.1) is 6.20 Å². The van der Waals surface area contributed by atoms with Crippen LogP contribution in [0.1, 0.15) is 10.5 Å². The summed E-state index contributed by atoms with van der Waals surface area (Å²) in [5.41, 5.74) is 0.996. The number of aromatic nitrogens is 5. The van der Waals surface area contributed by atoms with Crippen molar-refractivity contribution in [3.63, 3.8) is 0 Å². The summed E-state index contributed by atoms with van der Waals surface area (Å²) in [7, 11) is 1.61. The van der Waals surface area contributed by atoms with E-state index in [2.05, 4.69) is 19.9 Å². The summed E-state index contributed by atoms with van der Waals surface area (Å²) in [4.78, 5) is 29.8. The van der Waals surface area contributed by atoms with E-state index < -0.39 is 0 Å². The zero-order valence-electron chi connectivity index (χ0n) is 10.1. The molecular formula is C12H10N6O. The van der Waals surface area contributed by atoms with Gasteiger partial charge in [0.2, 0.25) is 5.95 Å². The van der Waals surface area contributed by atoms with Crippen LogP contribution in [0.3, 0.4) is 0 Å². The number of imidazole rings is 1. The average Bonchev–Trinajstić information content (AvgIpc) is 2.94. The minimum atomic E-state index is -0.276. The van der Waals surface area contributed by atoms with Crippen LogP contribution in [0.2, 0.25) is 0 Å². The Kier molecular flexibility index (Phi) is 2.64. The van der Waals surface area contributed by atoms with Crippen LogP contribution in [0.25, 0.3) is 5.65 Å². The van der Waals surface area contributed by atoms with Crippen molar-refractivity contribution >= 4 is 17.5 Å². The van der Waals surface area contributed by atoms with E-state index in [1.807, 2.05) is 0 Å². The van der Waals surface area contributed by atoms with Crippen LogP contribution >= 0.6 is 0 Å². The minimum absolute atomic E-state index is 0.276. The molecule has 0 radical (unpaired) electrons. The first-order chi connectivity index (χ1) is 9.25. The lowest BCUT2D eigenvalue weighted by atomic mass is 10.4. The first-order valence-corrected chi connectivity index (χ1v) is 5.59. The van der Waals surface area contributed by atoms with Crippen LogP contribution in [-0.2, 0) is 0 Å². The number of hydrogen-bond acceptors (Lipinski definition) is 5. The fourth-order valence-corrected chi connectivity index (χ4v) is 1.66. The van der Waals surface area contributed by atoms with Gasteiger partial charge in [-0.15, -0.1) is 0 Å². The number of amides is 1. The van der Waals surface area contributed by atoms with Crippen molar-refractivity contribution < 1.29 is 4.79 Å². The van der Waals surface area contributed by atoms with Crippen LogP contribution in [-0.4, -0.2) is 37.3 Å². The molecule has 1 amide bonds. The molecule has 3 rings (SSSR count). The van der Waals surface area contributed by atoms with Crippen LogP contribution in [0.5, 0.6) is 0 Å². The highest BCUT2D eigenvalue weighted by Crippen LogP contribution is 2.08. The third-order valence-corrected chi connectivity index (χ3v) is 2.65. The molecule has 0 aliphatic heterocycles. The second-order valence-electron chi connectivity index (χ2n) is 3.88. The van der Waals surface area contributed by atoms with Gasteiger partial charge in [-0.2, -0.15) is 0 Å². The molecule has 94 valence electrons. The Morgan fingerprint density at radius 3 is 2.74 bits per heavy atom. The Balaban J connectivity index is 1.95. The summed E-state index contributed by atoms with van der Waals surface area (Å²) in [6.07, 6.45) is 9.75. The van der Waals surface area contributed by atoms with Gasteiger partial charge in [0, 0.05) is 38.0 Å². The van der Waals surface area contributed by atoms with Crippen molar-refractivity contribution in [1.29, 1.82) is 0 Å². The van der Waals surface area contributed by atoms with Crippen LogP contribution in [0.15, 0.2) is 43.2 Å². The molecule has 0 atom stereocenters. The number of rotatable bonds is 2. The Morgan fingerprint density at radius 1 is 1.16 bits per heavy atom. The number of nitrogens with zero attached hydrogens (tertiary/aromatic N) is 6. The van der Waals surface area contributed by atoms with Crippen molar-refractivity contribution in [3.05, 3.63) is 48.9 Å². The van der Waals surface area contributed by atoms with E-state index in [0.29, 0.717) is 17.3 Å². The third kappa shape index (κ3) is 2.01. The Bertz CT molecular complexity index is 723. The van der Waals surface area contributed by atoms with Gasteiger partial charge < -0.3 is 4.40 Å². The van der Waals surface area contributed by atoms with Crippen LogP contribution in [0.4, 0.5) is 5.95 Å². The summed E-state index contributed by atoms with van der Waals surface area (Å²) in [6.45, 7) is 0. The molecule has 19 heavy (non-hydrogen) atoms. The number of anilines is 1. The SMILES string of the molecule is CN(C(=O)c1cn2ccnc2cn1)c1ncccn1. The molecule has 0 N–H and O–H groups in total. The molecule has 0 aliphatic carbocycles. The topological polar surface area (TPSA) is 76.3 Å². The minimum Gasteiger partial charge on any atom is -0.303 e. The van der Waals surface area contributed by atoms with E-state index in [1.54, 1.807) is 54.7 Å². The molecule has 0 aliphatic rings. The smallest absolute Gasteiger partial charge is 0.280 e. The lowest BCUT2D eigenvalue weighted by Gasteiger charge is -2.13. The number of carbonyl (C=O) groups excluding carboxylic acids is 1. The maximum absolute atomic E-state index is 12.3.